The van der Waals surface area contributed by atoms with E-state index in [2.05, 4.69) is 67.8 Å². The van der Waals surface area contributed by atoms with E-state index < -0.39 is 12.1 Å². The first kappa shape index (κ1) is 89.8. The average Bonchev–Trinajstić information content (AvgIpc) is 3.60. The number of esters is 1. The Morgan fingerprint density at radius 3 is 0.848 bits per heavy atom. The Labute approximate surface area is 576 Å². The molecule has 0 bridgehead atoms. The lowest BCUT2D eigenvalue weighted by Crippen LogP contribution is -2.45. The number of aliphatic hydroxyl groups excluding tert-OH is 2. The van der Waals surface area contributed by atoms with Crippen LogP contribution in [0.3, 0.4) is 0 Å². The zero-order valence-corrected chi connectivity index (χ0v) is 62.3. The molecule has 542 valence electrons. The van der Waals surface area contributed by atoms with E-state index in [9.17, 15) is 19.8 Å². The van der Waals surface area contributed by atoms with Crippen molar-refractivity contribution in [1.82, 2.24) is 5.32 Å². The molecule has 0 aromatic rings. The van der Waals surface area contributed by atoms with E-state index in [-0.39, 0.29) is 18.5 Å². The van der Waals surface area contributed by atoms with Gasteiger partial charge in [0.05, 0.1) is 25.4 Å². The Morgan fingerprint density at radius 2 is 0.543 bits per heavy atom. The number of hydrogen-bond donors (Lipinski definition) is 3. The van der Waals surface area contributed by atoms with Gasteiger partial charge in [-0.3, -0.25) is 9.59 Å². The average molecular weight is 1290 g/mol. The highest BCUT2D eigenvalue weighted by Gasteiger charge is 2.20. The normalized spacial score (nSPS) is 12.7. The second-order valence-corrected chi connectivity index (χ2v) is 28.8. The highest BCUT2D eigenvalue weighted by molar-refractivity contribution is 5.76. The van der Waals surface area contributed by atoms with Crippen molar-refractivity contribution in [2.24, 2.45) is 0 Å². The molecule has 2 unspecified atom stereocenters. The number of carbonyl (C=O) groups is 2. The first-order valence-electron chi connectivity index (χ1n) is 41.9. The number of carbonyl (C=O) groups excluding carboxylic acids is 2. The van der Waals surface area contributed by atoms with E-state index in [1.54, 1.807) is 0 Å². The topological polar surface area (TPSA) is 95.9 Å². The molecule has 0 aromatic heterocycles. The molecule has 0 saturated heterocycles. The molecule has 0 aliphatic heterocycles. The summed E-state index contributed by atoms with van der Waals surface area (Å²) in [5, 5.41) is 23.4. The maximum atomic E-state index is 12.5. The Morgan fingerprint density at radius 1 is 0.304 bits per heavy atom. The molecule has 0 radical (unpaired) electrons. The standard InChI is InChI=1S/C86H163NO5/c1-3-5-7-9-11-13-15-17-19-21-43-48-52-56-60-64-68-72-76-80-86(91)92-81-77-73-69-65-61-57-53-49-45-42-40-38-36-34-32-30-28-26-24-22-23-25-27-29-31-33-35-37-39-41-44-47-51-55-59-63-67-71-75-79-85(90)87-83(82-88)84(89)78-74-70-66-62-58-54-50-46-20-18-16-14-12-10-8-6-4-2/h11,13,17,19,22-23,26,28,83-84,88-89H,3-10,12,14-16,18,20-21,24-25,27,29-82H2,1-2H3,(H,87,90)/b13-11-,19-17-,23-22-,28-26-. The number of amides is 1. The van der Waals surface area contributed by atoms with E-state index in [4.69, 9.17) is 4.74 Å². The van der Waals surface area contributed by atoms with E-state index in [1.165, 1.54) is 372 Å². The van der Waals surface area contributed by atoms with Gasteiger partial charge in [-0.15, -0.1) is 0 Å². The SMILES string of the molecule is CCCCC/C=C\C/C=C\CCCCCCCCCCCC(=O)OCCCCCCCCCCCCCCCCC/C=C\C/C=C\CCCCCCCCCCCCCCCCCCCC(=O)NC(CO)C(O)CCCCCCCCCCCCCCCCCCC. The summed E-state index contributed by atoms with van der Waals surface area (Å²) >= 11 is 0. The number of aliphatic hydroxyl groups is 2. The summed E-state index contributed by atoms with van der Waals surface area (Å²) in [7, 11) is 0. The van der Waals surface area contributed by atoms with Crippen molar-refractivity contribution in [1.29, 1.82) is 0 Å². The number of allylic oxidation sites excluding steroid dienone is 8. The van der Waals surface area contributed by atoms with Gasteiger partial charge in [0.15, 0.2) is 0 Å². The van der Waals surface area contributed by atoms with Crippen LogP contribution in [-0.2, 0) is 14.3 Å². The minimum Gasteiger partial charge on any atom is -0.466 e. The summed E-state index contributed by atoms with van der Waals surface area (Å²) in [6.07, 6.45) is 108. The molecule has 0 heterocycles. The van der Waals surface area contributed by atoms with Gasteiger partial charge in [0, 0.05) is 12.8 Å². The molecule has 6 heteroatoms. The Balaban J connectivity index is 3.34. The van der Waals surface area contributed by atoms with Crippen LogP contribution in [0.5, 0.6) is 0 Å². The largest absolute Gasteiger partial charge is 0.466 e. The molecule has 0 aliphatic rings. The highest BCUT2D eigenvalue weighted by Crippen LogP contribution is 2.20. The van der Waals surface area contributed by atoms with Crippen LogP contribution in [0.4, 0.5) is 0 Å². The van der Waals surface area contributed by atoms with Gasteiger partial charge in [0.1, 0.15) is 0 Å². The molecule has 0 aliphatic carbocycles. The molecular formula is C86H163NO5. The molecule has 0 rings (SSSR count). The molecular weight excluding hydrogens is 1130 g/mol. The van der Waals surface area contributed by atoms with Crippen molar-refractivity contribution in [3.63, 3.8) is 0 Å². The summed E-state index contributed by atoms with van der Waals surface area (Å²) in [5.41, 5.74) is 0. The molecule has 1 amide bonds. The number of unbranched alkanes of at least 4 members (excludes halogenated alkanes) is 60. The van der Waals surface area contributed by atoms with Crippen molar-refractivity contribution < 1.29 is 24.5 Å². The third-order valence-corrected chi connectivity index (χ3v) is 19.6. The predicted molar refractivity (Wildman–Crippen MR) is 407 cm³/mol. The molecule has 0 spiro atoms. The van der Waals surface area contributed by atoms with Crippen LogP contribution >= 0.6 is 0 Å². The number of hydrogen-bond acceptors (Lipinski definition) is 5. The van der Waals surface area contributed by atoms with Crippen LogP contribution in [0, 0.1) is 0 Å². The minimum absolute atomic E-state index is 0.0171. The van der Waals surface area contributed by atoms with Crippen molar-refractivity contribution >= 4 is 11.9 Å². The summed E-state index contributed by atoms with van der Waals surface area (Å²) in [6, 6.07) is -0.540. The predicted octanol–water partition coefficient (Wildman–Crippen LogP) is 27.9. The summed E-state index contributed by atoms with van der Waals surface area (Å²) in [6.45, 7) is 4.97. The lowest BCUT2D eigenvalue weighted by molar-refractivity contribution is -0.143. The maximum Gasteiger partial charge on any atom is 0.305 e. The van der Waals surface area contributed by atoms with Crippen LogP contribution < -0.4 is 5.32 Å². The molecule has 2 atom stereocenters. The Hall–Kier alpha value is -2.18. The van der Waals surface area contributed by atoms with E-state index in [0.29, 0.717) is 25.9 Å². The van der Waals surface area contributed by atoms with Crippen LogP contribution in [-0.4, -0.2) is 47.4 Å². The van der Waals surface area contributed by atoms with Crippen LogP contribution in [0.1, 0.15) is 463 Å². The smallest absolute Gasteiger partial charge is 0.305 e. The van der Waals surface area contributed by atoms with Crippen LogP contribution in [0.25, 0.3) is 0 Å². The first-order valence-corrected chi connectivity index (χ1v) is 41.9. The fourth-order valence-corrected chi connectivity index (χ4v) is 13.2. The van der Waals surface area contributed by atoms with Gasteiger partial charge in [-0.25, -0.2) is 0 Å². The van der Waals surface area contributed by atoms with Gasteiger partial charge in [-0.1, -0.05) is 409 Å². The number of nitrogens with one attached hydrogen (secondary N) is 1. The minimum atomic E-state index is -0.663. The molecule has 92 heavy (non-hydrogen) atoms. The third-order valence-electron chi connectivity index (χ3n) is 19.6. The van der Waals surface area contributed by atoms with Crippen molar-refractivity contribution in [3.8, 4) is 0 Å². The first-order chi connectivity index (χ1) is 45.5. The zero-order chi connectivity index (χ0) is 66.3. The van der Waals surface area contributed by atoms with Crippen molar-refractivity contribution in [2.45, 2.75) is 475 Å². The van der Waals surface area contributed by atoms with Crippen LogP contribution in [0.15, 0.2) is 48.6 Å². The van der Waals surface area contributed by atoms with Gasteiger partial charge in [-0.05, 0) is 89.9 Å². The highest BCUT2D eigenvalue weighted by atomic mass is 16.5. The van der Waals surface area contributed by atoms with Gasteiger partial charge in [0.2, 0.25) is 5.91 Å². The van der Waals surface area contributed by atoms with Gasteiger partial charge in [-0.2, -0.15) is 0 Å². The van der Waals surface area contributed by atoms with Gasteiger partial charge < -0.3 is 20.3 Å². The number of ether oxygens (including phenoxy) is 1. The molecule has 6 nitrogen and oxygen atoms in total. The maximum absolute atomic E-state index is 12.5. The molecule has 0 aromatic carbocycles. The summed E-state index contributed by atoms with van der Waals surface area (Å²) in [5.74, 6) is -0.0108. The van der Waals surface area contributed by atoms with Crippen LogP contribution in [0.2, 0.25) is 0 Å². The second-order valence-electron chi connectivity index (χ2n) is 28.8. The monoisotopic (exact) mass is 1290 g/mol. The fourth-order valence-electron chi connectivity index (χ4n) is 13.2. The summed E-state index contributed by atoms with van der Waals surface area (Å²) < 4.78 is 5.52. The van der Waals surface area contributed by atoms with E-state index in [1.807, 2.05) is 0 Å². The fraction of sp³-hybridized carbons (Fsp3) is 0.884. The van der Waals surface area contributed by atoms with Crippen molar-refractivity contribution in [2.75, 3.05) is 13.2 Å². The summed E-state index contributed by atoms with van der Waals surface area (Å²) in [4.78, 5) is 24.7. The quantitative estimate of drug-likeness (QED) is 0.0320. The Bertz CT molecular complexity index is 1540. The lowest BCUT2D eigenvalue weighted by Gasteiger charge is -2.22. The van der Waals surface area contributed by atoms with E-state index >= 15 is 0 Å². The zero-order valence-electron chi connectivity index (χ0n) is 62.3. The molecule has 3 N–H and O–H groups in total. The molecule has 0 saturated carbocycles. The van der Waals surface area contributed by atoms with Gasteiger partial charge in [0.25, 0.3) is 0 Å². The third kappa shape index (κ3) is 76.8. The number of rotatable bonds is 79. The lowest BCUT2D eigenvalue weighted by atomic mass is 10.0. The van der Waals surface area contributed by atoms with Crippen molar-refractivity contribution in [3.05, 3.63) is 48.6 Å². The van der Waals surface area contributed by atoms with E-state index in [0.717, 1.165) is 57.8 Å². The molecule has 0 fully saturated rings. The second kappa shape index (κ2) is 81.2. The Kier molecular flexibility index (Phi) is 79.3. The van der Waals surface area contributed by atoms with Gasteiger partial charge >= 0.3 is 5.97 Å².